The third-order valence-electron chi connectivity index (χ3n) is 10.1. The predicted molar refractivity (Wildman–Crippen MR) is 209 cm³/mol. The largest absolute Gasteiger partial charge is 0.452 e. The molecule has 0 amide bonds. The van der Waals surface area contributed by atoms with Gasteiger partial charge in [-0.25, -0.2) is 9.97 Å². The number of nitrogens with zero attached hydrogens (tertiary/aromatic N) is 4. The Morgan fingerprint density at radius 3 is 1.90 bits per heavy atom. The second-order valence-corrected chi connectivity index (χ2v) is 13.0. The first-order chi connectivity index (χ1) is 25.3. The molecule has 0 N–H and O–H groups in total. The smallest absolute Gasteiger partial charge is 0.180 e. The molecule has 7 aromatic carbocycles. The van der Waals surface area contributed by atoms with Gasteiger partial charge in [0.25, 0.3) is 0 Å². The van der Waals surface area contributed by atoms with Gasteiger partial charge in [-0.05, 0) is 54.6 Å². The summed E-state index contributed by atoms with van der Waals surface area (Å²) in [6.45, 7) is 0. The van der Waals surface area contributed by atoms with Gasteiger partial charge in [0.1, 0.15) is 16.8 Å². The van der Waals surface area contributed by atoms with Crippen LogP contribution in [-0.4, -0.2) is 19.1 Å². The number of hydrogen-bond donors (Lipinski definition) is 0. The molecule has 0 aliphatic heterocycles. The summed E-state index contributed by atoms with van der Waals surface area (Å²) in [4.78, 5) is 10.4. The van der Waals surface area contributed by atoms with E-state index in [1.54, 1.807) is 0 Å². The van der Waals surface area contributed by atoms with E-state index in [9.17, 15) is 0 Å². The SMILES string of the molecule is c1ccc(-c2nc(-c3cccc(-n4c5ccccc5c5ccc6c(c7ccccc7n6-c6ccccc6)c54)c3)nc3c2oc2ccccc23)cc1. The van der Waals surface area contributed by atoms with Crippen molar-refractivity contribution in [3.8, 4) is 34.0 Å². The van der Waals surface area contributed by atoms with Crippen LogP contribution in [0.1, 0.15) is 0 Å². The predicted octanol–water partition coefficient (Wildman–Crippen LogP) is 11.9. The first-order valence-corrected chi connectivity index (χ1v) is 17.2. The Kier molecular flexibility index (Phi) is 5.89. The maximum atomic E-state index is 6.39. The van der Waals surface area contributed by atoms with Gasteiger partial charge in [-0.3, -0.25) is 0 Å². The third kappa shape index (κ3) is 4.09. The zero-order chi connectivity index (χ0) is 33.5. The lowest BCUT2D eigenvalue weighted by atomic mass is 10.1. The summed E-state index contributed by atoms with van der Waals surface area (Å²) in [6.07, 6.45) is 0. The average Bonchev–Trinajstić information content (AvgIpc) is 3.86. The lowest BCUT2D eigenvalue weighted by Crippen LogP contribution is -1.97. The number of para-hydroxylation sites is 4. The van der Waals surface area contributed by atoms with Gasteiger partial charge in [0, 0.05) is 49.4 Å². The minimum Gasteiger partial charge on any atom is -0.452 e. The summed E-state index contributed by atoms with van der Waals surface area (Å²) < 4.78 is 11.2. The van der Waals surface area contributed by atoms with Gasteiger partial charge < -0.3 is 13.6 Å². The highest BCUT2D eigenvalue weighted by Gasteiger charge is 2.22. The summed E-state index contributed by atoms with van der Waals surface area (Å²) in [6, 6.07) is 59.6. The fourth-order valence-electron chi connectivity index (χ4n) is 7.93. The molecule has 5 heteroatoms. The molecule has 0 saturated heterocycles. The average molecular weight is 653 g/mol. The molecule has 11 aromatic rings. The molecule has 0 fully saturated rings. The molecule has 0 saturated carbocycles. The van der Waals surface area contributed by atoms with E-state index in [-0.39, 0.29) is 0 Å². The van der Waals surface area contributed by atoms with Gasteiger partial charge in [0.05, 0.1) is 22.1 Å². The molecule has 5 nitrogen and oxygen atoms in total. The van der Waals surface area contributed by atoms with Crippen LogP contribution in [-0.2, 0) is 0 Å². The second kappa shape index (κ2) is 10.8. The molecule has 0 atom stereocenters. The first-order valence-electron chi connectivity index (χ1n) is 17.2. The number of rotatable bonds is 4. The molecule has 0 spiro atoms. The topological polar surface area (TPSA) is 48.8 Å². The number of benzene rings is 7. The van der Waals surface area contributed by atoms with Crippen molar-refractivity contribution < 1.29 is 4.42 Å². The zero-order valence-electron chi connectivity index (χ0n) is 27.4. The molecule has 0 bridgehead atoms. The van der Waals surface area contributed by atoms with Gasteiger partial charge in [0.15, 0.2) is 11.4 Å². The van der Waals surface area contributed by atoms with Crippen LogP contribution in [0.2, 0.25) is 0 Å². The minimum atomic E-state index is 0.654. The standard InChI is InChI=1S/C46H28N4O/c1-3-14-29(15-4-1)42-45-43(36-22-9-12-25-40(36)51-45)48-46(47-42)30-16-13-19-32(28-30)50-37-23-10-7-20-33(37)34-26-27-39-41(44(34)50)35-21-8-11-24-38(35)49(39)31-17-5-2-6-18-31/h1-28H. The molecule has 0 aliphatic rings. The molecule has 4 aromatic heterocycles. The summed E-state index contributed by atoms with van der Waals surface area (Å²) >= 11 is 0. The molecular weight excluding hydrogens is 625 g/mol. The van der Waals surface area contributed by atoms with Crippen LogP contribution in [0.3, 0.4) is 0 Å². The van der Waals surface area contributed by atoms with Crippen LogP contribution in [0.5, 0.6) is 0 Å². The Balaban J connectivity index is 1.21. The van der Waals surface area contributed by atoms with Crippen molar-refractivity contribution in [3.05, 3.63) is 170 Å². The van der Waals surface area contributed by atoms with Crippen LogP contribution in [0.4, 0.5) is 0 Å². The molecule has 0 aliphatic carbocycles. The van der Waals surface area contributed by atoms with Crippen LogP contribution < -0.4 is 0 Å². The normalized spacial score (nSPS) is 11.9. The molecule has 11 rings (SSSR count). The summed E-state index contributed by atoms with van der Waals surface area (Å²) in [5, 5.41) is 5.85. The van der Waals surface area contributed by atoms with E-state index >= 15 is 0 Å². The Morgan fingerprint density at radius 2 is 1.08 bits per heavy atom. The fourth-order valence-corrected chi connectivity index (χ4v) is 7.93. The van der Waals surface area contributed by atoms with Gasteiger partial charge in [-0.15, -0.1) is 0 Å². The monoisotopic (exact) mass is 652 g/mol. The lowest BCUT2D eigenvalue weighted by molar-refractivity contribution is 0.667. The van der Waals surface area contributed by atoms with Gasteiger partial charge in [-0.1, -0.05) is 115 Å². The summed E-state index contributed by atoms with van der Waals surface area (Å²) in [5.74, 6) is 0.654. The molecular formula is C46H28N4O. The Labute approximate surface area is 292 Å². The van der Waals surface area contributed by atoms with E-state index in [1.807, 2.05) is 36.4 Å². The second-order valence-electron chi connectivity index (χ2n) is 13.0. The van der Waals surface area contributed by atoms with Crippen molar-refractivity contribution in [2.24, 2.45) is 0 Å². The molecule has 0 radical (unpaired) electrons. The first kappa shape index (κ1) is 27.9. The van der Waals surface area contributed by atoms with E-state index in [0.717, 1.165) is 50.2 Å². The summed E-state index contributed by atoms with van der Waals surface area (Å²) in [7, 11) is 0. The number of aromatic nitrogens is 4. The van der Waals surface area contributed by atoms with Crippen LogP contribution >= 0.6 is 0 Å². The fraction of sp³-hybridized carbons (Fsp3) is 0. The van der Waals surface area contributed by atoms with E-state index < -0.39 is 0 Å². The maximum Gasteiger partial charge on any atom is 0.180 e. The number of fused-ring (bicyclic) bond motifs is 10. The van der Waals surface area contributed by atoms with Crippen molar-refractivity contribution in [2.75, 3.05) is 0 Å². The van der Waals surface area contributed by atoms with Crippen molar-refractivity contribution >= 4 is 65.7 Å². The minimum absolute atomic E-state index is 0.654. The van der Waals surface area contributed by atoms with Gasteiger partial charge >= 0.3 is 0 Å². The van der Waals surface area contributed by atoms with Crippen LogP contribution in [0.25, 0.3) is 99.7 Å². The molecule has 238 valence electrons. The highest BCUT2D eigenvalue weighted by molar-refractivity contribution is 6.26. The van der Waals surface area contributed by atoms with E-state index in [4.69, 9.17) is 14.4 Å². The highest BCUT2D eigenvalue weighted by atomic mass is 16.3. The van der Waals surface area contributed by atoms with Gasteiger partial charge in [-0.2, -0.15) is 0 Å². The van der Waals surface area contributed by atoms with Crippen molar-refractivity contribution in [1.82, 2.24) is 19.1 Å². The quantitative estimate of drug-likeness (QED) is 0.190. The van der Waals surface area contributed by atoms with Crippen molar-refractivity contribution in [1.29, 1.82) is 0 Å². The maximum absolute atomic E-state index is 6.39. The number of furan rings is 1. The Bertz CT molecular complexity index is 3130. The summed E-state index contributed by atoms with van der Waals surface area (Å²) in [5.41, 5.74) is 11.9. The van der Waals surface area contributed by atoms with Crippen LogP contribution in [0.15, 0.2) is 174 Å². The zero-order valence-corrected chi connectivity index (χ0v) is 27.4. The van der Waals surface area contributed by atoms with Crippen molar-refractivity contribution in [3.63, 3.8) is 0 Å². The third-order valence-corrected chi connectivity index (χ3v) is 10.1. The van der Waals surface area contributed by atoms with E-state index in [2.05, 4.69) is 143 Å². The Morgan fingerprint density at radius 1 is 0.431 bits per heavy atom. The van der Waals surface area contributed by atoms with Crippen LogP contribution in [0, 0.1) is 0 Å². The van der Waals surface area contributed by atoms with E-state index in [0.29, 0.717) is 11.4 Å². The highest BCUT2D eigenvalue weighted by Crippen LogP contribution is 2.42. The number of hydrogen-bond acceptors (Lipinski definition) is 3. The molecule has 51 heavy (non-hydrogen) atoms. The van der Waals surface area contributed by atoms with Crippen molar-refractivity contribution in [2.45, 2.75) is 0 Å². The molecule has 0 unspecified atom stereocenters. The van der Waals surface area contributed by atoms with E-state index in [1.165, 1.54) is 38.1 Å². The molecule has 4 heterocycles. The Hall–Kier alpha value is -6.98. The lowest BCUT2D eigenvalue weighted by Gasteiger charge is -2.12. The van der Waals surface area contributed by atoms with Gasteiger partial charge in [0.2, 0.25) is 0 Å².